The third kappa shape index (κ3) is 4.29. The fourth-order valence-electron chi connectivity index (χ4n) is 6.64. The Morgan fingerprint density at radius 1 is 0.400 bits per heavy atom. The van der Waals surface area contributed by atoms with Crippen molar-refractivity contribution in [3.8, 4) is 22.3 Å². The van der Waals surface area contributed by atoms with Gasteiger partial charge in [0.2, 0.25) is 0 Å². The largest absolute Gasteiger partial charge is 0.456 e. The fourth-order valence-corrected chi connectivity index (χ4v) is 6.64. The molecule has 2 aromatic heterocycles. The molecule has 0 amide bonds. The number of benzene rings is 7. The summed E-state index contributed by atoms with van der Waals surface area (Å²) in [5.74, 6) is 0. The van der Waals surface area contributed by atoms with Crippen LogP contribution >= 0.6 is 0 Å². The number of H-pyrrole nitrogens is 1. The first-order chi connectivity index (χ1) is 22.3. The Labute approximate surface area is 260 Å². The van der Waals surface area contributed by atoms with Gasteiger partial charge in [0.1, 0.15) is 11.2 Å². The highest BCUT2D eigenvalue weighted by Crippen LogP contribution is 2.45. The topological polar surface area (TPSA) is 32.2 Å². The zero-order valence-electron chi connectivity index (χ0n) is 24.4. The average molecular weight is 577 g/mol. The van der Waals surface area contributed by atoms with Crippen LogP contribution in [0.2, 0.25) is 0 Å². The number of hydrogen-bond acceptors (Lipinski definition) is 2. The number of nitrogens with one attached hydrogen (secondary N) is 1. The molecule has 0 radical (unpaired) electrons. The molecule has 9 rings (SSSR count). The lowest BCUT2D eigenvalue weighted by Gasteiger charge is -2.29. The molecule has 2 heterocycles. The summed E-state index contributed by atoms with van der Waals surface area (Å²) in [6.07, 6.45) is 0. The molecule has 0 unspecified atom stereocenters. The summed E-state index contributed by atoms with van der Waals surface area (Å²) in [7, 11) is 0. The molecule has 0 aliphatic heterocycles. The number of furan rings is 1. The second-order valence-electron chi connectivity index (χ2n) is 11.5. The van der Waals surface area contributed by atoms with E-state index in [4.69, 9.17) is 4.42 Å². The molecule has 0 aliphatic rings. The minimum Gasteiger partial charge on any atom is -0.456 e. The Morgan fingerprint density at radius 2 is 1.02 bits per heavy atom. The third-order valence-electron chi connectivity index (χ3n) is 8.80. The number of anilines is 3. The average Bonchev–Trinajstić information content (AvgIpc) is 3.67. The fraction of sp³-hybridized carbons (Fsp3) is 0. The number of nitrogens with zero attached hydrogens (tertiary/aromatic N) is 1. The Bertz CT molecular complexity index is 2380. The number of rotatable bonds is 5. The number of aromatic nitrogens is 1. The lowest BCUT2D eigenvalue weighted by molar-refractivity contribution is 0.669. The van der Waals surface area contributed by atoms with Gasteiger partial charge in [-0.3, -0.25) is 0 Å². The molecule has 0 bridgehead atoms. The van der Waals surface area contributed by atoms with Crippen LogP contribution in [0.5, 0.6) is 0 Å². The summed E-state index contributed by atoms with van der Waals surface area (Å²) in [4.78, 5) is 6.00. The monoisotopic (exact) mass is 576 g/mol. The first-order valence-corrected chi connectivity index (χ1v) is 15.3. The van der Waals surface area contributed by atoms with Crippen LogP contribution in [0, 0.1) is 0 Å². The van der Waals surface area contributed by atoms with Crippen LogP contribution in [0.1, 0.15) is 0 Å². The summed E-state index contributed by atoms with van der Waals surface area (Å²) < 4.78 is 6.24. The van der Waals surface area contributed by atoms with Crippen LogP contribution in [-0.4, -0.2) is 4.98 Å². The lowest BCUT2D eigenvalue weighted by atomic mass is 9.96. The van der Waals surface area contributed by atoms with Crippen molar-refractivity contribution in [2.45, 2.75) is 0 Å². The molecule has 1 N–H and O–H groups in total. The zero-order chi connectivity index (χ0) is 29.7. The van der Waals surface area contributed by atoms with Crippen molar-refractivity contribution >= 4 is 60.8 Å². The molecule has 45 heavy (non-hydrogen) atoms. The number of para-hydroxylation sites is 2. The van der Waals surface area contributed by atoms with E-state index in [-0.39, 0.29) is 0 Å². The van der Waals surface area contributed by atoms with Gasteiger partial charge < -0.3 is 14.3 Å². The van der Waals surface area contributed by atoms with E-state index in [1.54, 1.807) is 0 Å². The maximum atomic E-state index is 6.24. The van der Waals surface area contributed by atoms with Crippen LogP contribution in [0.15, 0.2) is 168 Å². The quantitative estimate of drug-likeness (QED) is 0.221. The standard InChI is InChI=1S/C42H28N2O/c1-3-11-28(12-4-1)30-19-22-33(29-13-5-2-6-14-29)40(25-30)44(31-20-23-39-36(26-31)34-15-7-9-17-38(34)43-39)32-21-24-42-37(27-32)35-16-8-10-18-41(35)45-42/h1-27,43H. The van der Waals surface area contributed by atoms with Gasteiger partial charge >= 0.3 is 0 Å². The summed E-state index contributed by atoms with van der Waals surface area (Å²) in [6, 6.07) is 58.2. The molecule has 0 aliphatic carbocycles. The molecular formula is C42H28N2O. The van der Waals surface area contributed by atoms with Crippen molar-refractivity contribution in [2.75, 3.05) is 4.90 Å². The predicted molar refractivity (Wildman–Crippen MR) is 189 cm³/mol. The van der Waals surface area contributed by atoms with Gasteiger partial charge in [-0.15, -0.1) is 0 Å². The smallest absolute Gasteiger partial charge is 0.135 e. The maximum Gasteiger partial charge on any atom is 0.135 e. The molecule has 3 heteroatoms. The van der Waals surface area contributed by atoms with E-state index in [1.165, 1.54) is 27.5 Å². The molecule has 0 saturated carbocycles. The summed E-state index contributed by atoms with van der Waals surface area (Å²) in [6.45, 7) is 0. The van der Waals surface area contributed by atoms with E-state index in [9.17, 15) is 0 Å². The second kappa shape index (κ2) is 10.3. The van der Waals surface area contributed by atoms with Crippen LogP contribution in [0.25, 0.3) is 66.0 Å². The minimum atomic E-state index is 0.883. The van der Waals surface area contributed by atoms with E-state index in [0.717, 1.165) is 55.6 Å². The molecule has 0 atom stereocenters. The highest BCUT2D eigenvalue weighted by atomic mass is 16.3. The van der Waals surface area contributed by atoms with Crippen LogP contribution in [0.4, 0.5) is 17.1 Å². The highest BCUT2D eigenvalue weighted by molar-refractivity contribution is 6.10. The van der Waals surface area contributed by atoms with Gasteiger partial charge in [-0.1, -0.05) is 109 Å². The van der Waals surface area contributed by atoms with E-state index < -0.39 is 0 Å². The first-order valence-electron chi connectivity index (χ1n) is 15.3. The zero-order valence-corrected chi connectivity index (χ0v) is 24.4. The van der Waals surface area contributed by atoms with E-state index in [1.807, 2.05) is 12.1 Å². The molecule has 0 saturated heterocycles. The molecular weight excluding hydrogens is 548 g/mol. The summed E-state index contributed by atoms with van der Waals surface area (Å²) in [5, 5.41) is 4.62. The molecule has 0 fully saturated rings. The third-order valence-corrected chi connectivity index (χ3v) is 8.80. The highest BCUT2D eigenvalue weighted by Gasteiger charge is 2.21. The van der Waals surface area contributed by atoms with Crippen molar-refractivity contribution in [2.24, 2.45) is 0 Å². The van der Waals surface area contributed by atoms with Gasteiger partial charge in [0.25, 0.3) is 0 Å². The van der Waals surface area contributed by atoms with Crippen molar-refractivity contribution in [3.63, 3.8) is 0 Å². The van der Waals surface area contributed by atoms with Gasteiger partial charge in [0.05, 0.1) is 5.69 Å². The lowest BCUT2D eigenvalue weighted by Crippen LogP contribution is -2.11. The normalized spacial score (nSPS) is 11.6. The first kappa shape index (κ1) is 25.4. The van der Waals surface area contributed by atoms with Crippen LogP contribution in [0.3, 0.4) is 0 Å². The van der Waals surface area contributed by atoms with Crippen molar-refractivity contribution < 1.29 is 4.42 Å². The Morgan fingerprint density at radius 3 is 1.84 bits per heavy atom. The SMILES string of the molecule is c1ccc(-c2ccc(-c3ccccc3)c(N(c3ccc4[nH]c5ccccc5c4c3)c3ccc4oc5ccccc5c4c3)c2)cc1. The summed E-state index contributed by atoms with van der Waals surface area (Å²) in [5.41, 5.74) is 12.0. The second-order valence-corrected chi connectivity index (χ2v) is 11.5. The minimum absolute atomic E-state index is 0.883. The van der Waals surface area contributed by atoms with Crippen molar-refractivity contribution in [3.05, 3.63) is 164 Å². The van der Waals surface area contributed by atoms with Gasteiger partial charge in [0, 0.05) is 49.5 Å². The van der Waals surface area contributed by atoms with Gasteiger partial charge in [-0.25, -0.2) is 0 Å². The van der Waals surface area contributed by atoms with Gasteiger partial charge in [0.15, 0.2) is 0 Å². The Kier molecular flexibility index (Phi) is 5.82. The van der Waals surface area contributed by atoms with E-state index in [2.05, 4.69) is 162 Å². The van der Waals surface area contributed by atoms with E-state index >= 15 is 0 Å². The van der Waals surface area contributed by atoms with Gasteiger partial charge in [-0.2, -0.15) is 0 Å². The van der Waals surface area contributed by atoms with Crippen LogP contribution in [-0.2, 0) is 0 Å². The number of aromatic amines is 1. The maximum absolute atomic E-state index is 6.24. The van der Waals surface area contributed by atoms with Crippen molar-refractivity contribution in [1.29, 1.82) is 0 Å². The Hall–Kier alpha value is -6.06. The predicted octanol–water partition coefficient (Wildman–Crippen LogP) is 12.0. The number of hydrogen-bond donors (Lipinski definition) is 1. The molecule has 9 aromatic rings. The van der Waals surface area contributed by atoms with E-state index in [0.29, 0.717) is 0 Å². The Balaban J connectivity index is 1.35. The molecule has 7 aromatic carbocycles. The van der Waals surface area contributed by atoms with Crippen molar-refractivity contribution in [1.82, 2.24) is 4.98 Å². The molecule has 3 nitrogen and oxygen atoms in total. The number of fused-ring (bicyclic) bond motifs is 6. The van der Waals surface area contributed by atoms with Crippen LogP contribution < -0.4 is 4.90 Å². The molecule has 212 valence electrons. The molecule has 0 spiro atoms. The summed E-state index contributed by atoms with van der Waals surface area (Å²) >= 11 is 0. The van der Waals surface area contributed by atoms with Gasteiger partial charge in [-0.05, 0) is 71.3 Å².